The van der Waals surface area contributed by atoms with Gasteiger partial charge in [-0.05, 0) is 49.4 Å². The predicted molar refractivity (Wildman–Crippen MR) is 88.4 cm³/mol. The van der Waals surface area contributed by atoms with Gasteiger partial charge in [-0.2, -0.15) is 0 Å². The molecule has 0 fully saturated rings. The molecule has 0 aliphatic heterocycles. The summed E-state index contributed by atoms with van der Waals surface area (Å²) in [5.74, 6) is 1.74. The second-order valence-electron chi connectivity index (χ2n) is 6.41. The topological polar surface area (TPSA) is 25.2 Å². The normalized spacial score (nSPS) is 14.3. The van der Waals surface area contributed by atoms with E-state index in [4.69, 9.17) is 4.42 Å². The number of nitrogens with one attached hydrogen (secondary N) is 1. The Morgan fingerprint density at radius 2 is 1.67 bits per heavy atom. The van der Waals surface area contributed by atoms with Crippen molar-refractivity contribution in [1.82, 2.24) is 5.32 Å². The van der Waals surface area contributed by atoms with E-state index in [0.717, 1.165) is 18.6 Å². The molecule has 1 heterocycles. The average molecular weight is 285 g/mol. The number of furan rings is 1. The molecule has 2 nitrogen and oxygen atoms in total. The van der Waals surface area contributed by atoms with E-state index in [0.29, 0.717) is 18.0 Å². The zero-order valence-corrected chi connectivity index (χ0v) is 13.6. The molecule has 1 N–H and O–H groups in total. The molecule has 114 valence electrons. The Balaban J connectivity index is 1.88. The van der Waals surface area contributed by atoms with Crippen molar-refractivity contribution in [2.24, 2.45) is 5.92 Å². The van der Waals surface area contributed by atoms with E-state index in [9.17, 15) is 0 Å². The van der Waals surface area contributed by atoms with Crippen molar-refractivity contribution in [3.63, 3.8) is 0 Å². The molecule has 1 aromatic carbocycles. The predicted octanol–water partition coefficient (Wildman–Crippen LogP) is 4.76. The molecule has 2 unspecified atom stereocenters. The first kappa shape index (κ1) is 15.8. The summed E-state index contributed by atoms with van der Waals surface area (Å²) in [7, 11) is 0. The molecule has 2 aromatic rings. The van der Waals surface area contributed by atoms with Gasteiger partial charge < -0.3 is 9.73 Å². The van der Waals surface area contributed by atoms with Gasteiger partial charge in [0.2, 0.25) is 0 Å². The summed E-state index contributed by atoms with van der Waals surface area (Å²) in [4.78, 5) is 0. The van der Waals surface area contributed by atoms with Crippen LogP contribution < -0.4 is 5.32 Å². The highest BCUT2D eigenvalue weighted by Crippen LogP contribution is 2.17. The summed E-state index contributed by atoms with van der Waals surface area (Å²) >= 11 is 0. The van der Waals surface area contributed by atoms with Crippen molar-refractivity contribution in [3.05, 3.63) is 59.5 Å². The molecule has 1 aromatic heterocycles. The Bertz CT molecular complexity index is 513. The van der Waals surface area contributed by atoms with E-state index in [1.165, 1.54) is 11.1 Å². The Hall–Kier alpha value is -1.54. The van der Waals surface area contributed by atoms with Crippen LogP contribution in [0.3, 0.4) is 0 Å². The summed E-state index contributed by atoms with van der Waals surface area (Å²) in [5, 5.41) is 3.63. The molecule has 2 heteroatoms. The van der Waals surface area contributed by atoms with Crippen LogP contribution in [-0.2, 0) is 12.8 Å². The van der Waals surface area contributed by atoms with Gasteiger partial charge in [-0.15, -0.1) is 0 Å². The molecule has 0 aliphatic rings. The summed E-state index contributed by atoms with van der Waals surface area (Å²) in [6.07, 6.45) is 3.80. The molecule has 21 heavy (non-hydrogen) atoms. The van der Waals surface area contributed by atoms with Gasteiger partial charge in [0.15, 0.2) is 0 Å². The zero-order chi connectivity index (χ0) is 15.2. The number of hydrogen-bond acceptors (Lipinski definition) is 2. The van der Waals surface area contributed by atoms with Crippen LogP contribution in [0.5, 0.6) is 0 Å². The maximum Gasteiger partial charge on any atom is 0.105 e. The maximum absolute atomic E-state index is 5.40. The smallest absolute Gasteiger partial charge is 0.105 e. The van der Waals surface area contributed by atoms with Gasteiger partial charge in [0.25, 0.3) is 0 Å². The second-order valence-corrected chi connectivity index (χ2v) is 6.41. The highest BCUT2D eigenvalue weighted by Gasteiger charge is 2.11. The standard InChI is InChI=1S/C19H27NO/c1-14(2)12-17-7-9-18(10-8-17)16(4)20-15(3)13-19-6-5-11-21-19/h5-11,14-16,20H,12-13H2,1-4H3. The van der Waals surface area contributed by atoms with Crippen LogP contribution in [-0.4, -0.2) is 6.04 Å². The van der Waals surface area contributed by atoms with Crippen LogP contribution in [0.15, 0.2) is 47.1 Å². The molecule has 0 bridgehead atoms. The summed E-state index contributed by atoms with van der Waals surface area (Å²) < 4.78 is 5.40. The largest absolute Gasteiger partial charge is 0.469 e. The fourth-order valence-electron chi connectivity index (χ4n) is 2.73. The van der Waals surface area contributed by atoms with Gasteiger partial charge >= 0.3 is 0 Å². The van der Waals surface area contributed by atoms with E-state index in [1.54, 1.807) is 6.26 Å². The molecule has 0 amide bonds. The summed E-state index contributed by atoms with van der Waals surface area (Å²) in [6, 6.07) is 13.7. The van der Waals surface area contributed by atoms with Crippen molar-refractivity contribution in [2.75, 3.05) is 0 Å². The second kappa shape index (κ2) is 7.46. The number of rotatable bonds is 7. The first-order chi connectivity index (χ1) is 10.0. The third-order valence-electron chi connectivity index (χ3n) is 3.75. The highest BCUT2D eigenvalue weighted by molar-refractivity contribution is 5.25. The lowest BCUT2D eigenvalue weighted by Gasteiger charge is -2.20. The Kier molecular flexibility index (Phi) is 5.63. The fourth-order valence-corrected chi connectivity index (χ4v) is 2.73. The van der Waals surface area contributed by atoms with Crippen LogP contribution >= 0.6 is 0 Å². The average Bonchev–Trinajstić information content (AvgIpc) is 2.91. The van der Waals surface area contributed by atoms with Crippen molar-refractivity contribution in [1.29, 1.82) is 0 Å². The van der Waals surface area contributed by atoms with Gasteiger partial charge in [0.1, 0.15) is 5.76 Å². The van der Waals surface area contributed by atoms with Crippen molar-refractivity contribution in [3.8, 4) is 0 Å². The third kappa shape index (κ3) is 5.05. The highest BCUT2D eigenvalue weighted by atomic mass is 16.3. The molecular formula is C19H27NO. The maximum atomic E-state index is 5.40. The first-order valence-electron chi connectivity index (χ1n) is 7.92. The quantitative estimate of drug-likeness (QED) is 0.793. The molecule has 0 saturated heterocycles. The summed E-state index contributed by atoms with van der Waals surface area (Å²) in [5.41, 5.74) is 2.76. The summed E-state index contributed by atoms with van der Waals surface area (Å²) in [6.45, 7) is 8.94. The molecule has 0 saturated carbocycles. The van der Waals surface area contributed by atoms with Crippen LogP contribution in [0, 0.1) is 5.92 Å². The fraction of sp³-hybridized carbons (Fsp3) is 0.474. The van der Waals surface area contributed by atoms with E-state index < -0.39 is 0 Å². The molecule has 2 rings (SSSR count). The molecule has 0 spiro atoms. The van der Waals surface area contributed by atoms with Gasteiger partial charge in [0.05, 0.1) is 6.26 Å². The Labute approximate surface area is 128 Å². The van der Waals surface area contributed by atoms with Crippen LogP contribution in [0.2, 0.25) is 0 Å². The van der Waals surface area contributed by atoms with Gasteiger partial charge in [-0.25, -0.2) is 0 Å². The van der Waals surface area contributed by atoms with Crippen molar-refractivity contribution >= 4 is 0 Å². The lowest BCUT2D eigenvalue weighted by atomic mass is 9.99. The Morgan fingerprint density at radius 1 is 0.952 bits per heavy atom. The minimum atomic E-state index is 0.350. The minimum absolute atomic E-state index is 0.350. The van der Waals surface area contributed by atoms with Crippen molar-refractivity contribution < 1.29 is 4.42 Å². The number of benzene rings is 1. The molecule has 2 atom stereocenters. The van der Waals surface area contributed by atoms with Gasteiger partial charge in [-0.3, -0.25) is 0 Å². The zero-order valence-electron chi connectivity index (χ0n) is 13.6. The van der Waals surface area contributed by atoms with Crippen LogP contribution in [0.25, 0.3) is 0 Å². The molecule has 0 aliphatic carbocycles. The lowest BCUT2D eigenvalue weighted by Crippen LogP contribution is -2.30. The van der Waals surface area contributed by atoms with Gasteiger partial charge in [0, 0.05) is 18.5 Å². The van der Waals surface area contributed by atoms with E-state index in [-0.39, 0.29) is 0 Å². The molecular weight excluding hydrogens is 258 g/mol. The molecule has 0 radical (unpaired) electrons. The van der Waals surface area contributed by atoms with E-state index in [1.807, 2.05) is 12.1 Å². The van der Waals surface area contributed by atoms with E-state index >= 15 is 0 Å². The monoisotopic (exact) mass is 285 g/mol. The van der Waals surface area contributed by atoms with Gasteiger partial charge in [-0.1, -0.05) is 38.1 Å². The van der Waals surface area contributed by atoms with Crippen LogP contribution in [0.4, 0.5) is 0 Å². The van der Waals surface area contributed by atoms with Crippen molar-refractivity contribution in [2.45, 2.75) is 52.6 Å². The van der Waals surface area contributed by atoms with E-state index in [2.05, 4.69) is 57.3 Å². The van der Waals surface area contributed by atoms with Crippen LogP contribution in [0.1, 0.15) is 50.6 Å². The first-order valence-corrected chi connectivity index (χ1v) is 7.92. The lowest BCUT2D eigenvalue weighted by molar-refractivity contribution is 0.429. The minimum Gasteiger partial charge on any atom is -0.469 e. The number of hydrogen-bond donors (Lipinski definition) is 1. The Morgan fingerprint density at radius 3 is 2.24 bits per heavy atom. The third-order valence-corrected chi connectivity index (χ3v) is 3.75. The SMILES string of the molecule is CC(C)Cc1ccc(C(C)NC(C)Cc2ccco2)cc1.